The van der Waals surface area contributed by atoms with Gasteiger partial charge in [-0.1, -0.05) is 29.4 Å². The van der Waals surface area contributed by atoms with Crippen molar-refractivity contribution in [3.63, 3.8) is 0 Å². The van der Waals surface area contributed by atoms with E-state index in [0.717, 1.165) is 5.56 Å². The second kappa shape index (κ2) is 8.36. The first-order valence-corrected chi connectivity index (χ1v) is 9.18. The maximum atomic E-state index is 11.1. The van der Waals surface area contributed by atoms with Crippen LogP contribution in [0, 0.1) is 10.4 Å². The van der Waals surface area contributed by atoms with Crippen LogP contribution in [0.2, 0.25) is 0 Å². The van der Waals surface area contributed by atoms with Gasteiger partial charge in [-0.25, -0.2) is 0 Å². The first-order chi connectivity index (χ1) is 14.4. The molecule has 2 heterocycles. The highest BCUT2D eigenvalue weighted by Crippen LogP contribution is 2.34. The topological polar surface area (TPSA) is 155 Å². The zero-order chi connectivity index (χ0) is 21.3. The molecule has 0 bridgehead atoms. The summed E-state index contributed by atoms with van der Waals surface area (Å²) in [7, 11) is 0. The van der Waals surface area contributed by atoms with Gasteiger partial charge >= 0.3 is 0 Å². The summed E-state index contributed by atoms with van der Waals surface area (Å²) in [6.45, 7) is 0.873. The van der Waals surface area contributed by atoms with Crippen LogP contribution in [0.15, 0.2) is 53.1 Å². The average Bonchev–Trinajstić information content (AvgIpc) is 3.35. The van der Waals surface area contributed by atoms with Crippen LogP contribution in [0.4, 0.5) is 11.4 Å². The van der Waals surface area contributed by atoms with Crippen LogP contribution in [0.3, 0.4) is 0 Å². The predicted octanol–water partition coefficient (Wildman–Crippen LogP) is 2.43. The number of hydrogen-bond acceptors (Lipinski definition) is 11. The lowest BCUT2D eigenvalue weighted by Crippen LogP contribution is -2.24. The molecular formula is C19H19N5O6-2. The minimum Gasteiger partial charge on any atom is -0.733 e. The van der Waals surface area contributed by atoms with Crippen molar-refractivity contribution in [2.45, 2.75) is 25.1 Å². The molecule has 2 atom stereocenters. The van der Waals surface area contributed by atoms with Gasteiger partial charge in [-0.05, 0) is 36.2 Å². The highest BCUT2D eigenvalue weighted by molar-refractivity contribution is 5.62. The van der Waals surface area contributed by atoms with Crippen LogP contribution < -0.4 is 10.5 Å². The lowest BCUT2D eigenvalue weighted by molar-refractivity contribution is 0.169. The summed E-state index contributed by atoms with van der Waals surface area (Å²) in [5.74, 6) is 0.588. The molecule has 3 aromatic rings. The summed E-state index contributed by atoms with van der Waals surface area (Å²) in [4.78, 5) is 6.39. The molecule has 11 heteroatoms. The minimum absolute atomic E-state index is 0.0414. The van der Waals surface area contributed by atoms with Gasteiger partial charge < -0.3 is 30.5 Å². The number of benzene rings is 2. The number of rotatable bonds is 6. The summed E-state index contributed by atoms with van der Waals surface area (Å²) in [5, 5.41) is 53.7. The number of β-amino-alcohol motifs (C(OH)–C–C–N with tert-alkyl or cyclic N) is 1. The van der Waals surface area contributed by atoms with Crippen molar-refractivity contribution in [1.29, 1.82) is 0 Å². The van der Waals surface area contributed by atoms with Crippen molar-refractivity contribution in [3.8, 4) is 11.4 Å². The van der Waals surface area contributed by atoms with Gasteiger partial charge in [-0.15, -0.1) is 0 Å². The molecule has 1 fully saturated rings. The number of aliphatic hydroxyl groups is 1. The zero-order valence-electron chi connectivity index (χ0n) is 15.7. The summed E-state index contributed by atoms with van der Waals surface area (Å²) >= 11 is 0. The van der Waals surface area contributed by atoms with E-state index in [1.165, 1.54) is 24.3 Å². The first-order valence-electron chi connectivity index (χ1n) is 9.18. The average molecular weight is 413 g/mol. The van der Waals surface area contributed by atoms with Crippen molar-refractivity contribution in [1.82, 2.24) is 15.0 Å². The van der Waals surface area contributed by atoms with Gasteiger partial charge in [0.05, 0.1) is 23.5 Å². The number of anilines is 2. The van der Waals surface area contributed by atoms with Crippen molar-refractivity contribution < 1.29 is 20.0 Å². The first kappa shape index (κ1) is 20.2. The molecule has 0 saturated carbocycles. The van der Waals surface area contributed by atoms with Crippen molar-refractivity contribution in [2.24, 2.45) is 0 Å². The van der Waals surface area contributed by atoms with Gasteiger partial charge in [0.25, 0.3) is 0 Å². The molecule has 1 aromatic heterocycles. The lowest BCUT2D eigenvalue weighted by atomic mass is 10.1. The number of nitrogens with zero attached hydrogens (tertiary/aromatic N) is 5. The van der Waals surface area contributed by atoms with Crippen LogP contribution >= 0.6 is 0 Å². The highest BCUT2D eigenvalue weighted by Gasteiger charge is 2.36. The van der Waals surface area contributed by atoms with Crippen LogP contribution in [-0.2, 0) is 6.54 Å². The third-order valence-electron chi connectivity index (χ3n) is 4.98. The van der Waals surface area contributed by atoms with Crippen LogP contribution in [0.25, 0.3) is 11.4 Å². The Labute approximate surface area is 171 Å². The Hall–Kier alpha value is -3.06. The van der Waals surface area contributed by atoms with E-state index in [1.54, 1.807) is 24.3 Å². The second-order valence-corrected chi connectivity index (χ2v) is 7.05. The molecule has 158 valence electrons. The quantitative estimate of drug-likeness (QED) is 0.510. The van der Waals surface area contributed by atoms with Gasteiger partial charge in [-0.3, -0.25) is 15.3 Å². The maximum Gasteiger partial charge on any atom is 0.244 e. The molecule has 2 aromatic carbocycles. The predicted molar refractivity (Wildman–Crippen MR) is 105 cm³/mol. The van der Waals surface area contributed by atoms with E-state index in [0.29, 0.717) is 31.0 Å². The van der Waals surface area contributed by atoms with E-state index in [1.807, 2.05) is 4.90 Å². The van der Waals surface area contributed by atoms with Crippen molar-refractivity contribution >= 4 is 11.4 Å². The fourth-order valence-corrected chi connectivity index (χ4v) is 3.53. The third kappa shape index (κ3) is 4.26. The smallest absolute Gasteiger partial charge is 0.244 e. The van der Waals surface area contributed by atoms with Crippen molar-refractivity contribution in [2.75, 3.05) is 17.0 Å². The van der Waals surface area contributed by atoms with Crippen LogP contribution in [0.1, 0.15) is 23.9 Å². The number of likely N-dealkylation sites (tertiary alicyclic amines) is 1. The highest BCUT2D eigenvalue weighted by atomic mass is 16.8. The van der Waals surface area contributed by atoms with Crippen LogP contribution in [0.5, 0.6) is 0 Å². The Bertz CT molecular complexity index is 993. The van der Waals surface area contributed by atoms with E-state index >= 15 is 0 Å². The summed E-state index contributed by atoms with van der Waals surface area (Å²) in [6, 6.07) is 12.3. The standard InChI is InChI=1S/C19H19N5O6/c25-16-9-17(22(11-16)10-12-4-6-14(7-5-12)23(26)27)19-20-18(21-30-19)13-2-1-3-15(8-13)24(28)29/h1-8,16-17,25-26,28H,9-11H2/q-2/t16-,17+/m1/s1. The Morgan fingerprint density at radius 3 is 2.50 bits per heavy atom. The molecular weight excluding hydrogens is 394 g/mol. The Morgan fingerprint density at radius 2 is 1.80 bits per heavy atom. The summed E-state index contributed by atoms with van der Waals surface area (Å²) in [6.07, 6.45) is -0.152. The normalized spacial score (nSPS) is 19.2. The van der Waals surface area contributed by atoms with E-state index in [2.05, 4.69) is 10.1 Å². The van der Waals surface area contributed by atoms with Gasteiger partial charge in [0.15, 0.2) is 0 Å². The van der Waals surface area contributed by atoms with Crippen molar-refractivity contribution in [3.05, 3.63) is 70.4 Å². The van der Waals surface area contributed by atoms with E-state index in [4.69, 9.17) is 14.9 Å². The lowest BCUT2D eigenvalue weighted by Gasteiger charge is -2.23. The molecule has 1 saturated heterocycles. The largest absolute Gasteiger partial charge is 0.733 e. The Balaban J connectivity index is 1.53. The summed E-state index contributed by atoms with van der Waals surface area (Å²) < 4.78 is 5.42. The molecule has 0 radical (unpaired) electrons. The Kier molecular flexibility index (Phi) is 5.63. The maximum absolute atomic E-state index is 11.1. The minimum atomic E-state index is -0.564. The SMILES string of the molecule is [O-]N(O)c1ccc(CN2C[C@H](O)C[C@H]2c2nc(-c3cccc(N([O-])O)c3)no2)cc1. The zero-order valence-corrected chi connectivity index (χ0v) is 15.7. The number of aromatic nitrogens is 2. The number of aliphatic hydroxyl groups excluding tert-OH is 1. The van der Waals surface area contributed by atoms with Gasteiger partial charge in [0, 0.05) is 18.7 Å². The fraction of sp³-hybridized carbons (Fsp3) is 0.263. The fourth-order valence-electron chi connectivity index (χ4n) is 3.53. The molecule has 3 N–H and O–H groups in total. The second-order valence-electron chi connectivity index (χ2n) is 7.05. The third-order valence-corrected chi connectivity index (χ3v) is 4.98. The van der Waals surface area contributed by atoms with E-state index < -0.39 is 6.10 Å². The molecule has 1 aliphatic heterocycles. The van der Waals surface area contributed by atoms with E-state index in [-0.39, 0.29) is 33.7 Å². The van der Waals surface area contributed by atoms with Crippen LogP contribution in [-0.4, -0.2) is 43.2 Å². The Morgan fingerprint density at radius 1 is 1.07 bits per heavy atom. The molecule has 0 unspecified atom stereocenters. The molecule has 0 spiro atoms. The van der Waals surface area contributed by atoms with Gasteiger partial charge in [0.1, 0.15) is 0 Å². The molecule has 0 aliphatic carbocycles. The number of hydrogen-bond donors (Lipinski definition) is 3. The molecule has 11 nitrogen and oxygen atoms in total. The monoisotopic (exact) mass is 413 g/mol. The molecule has 30 heavy (non-hydrogen) atoms. The van der Waals surface area contributed by atoms with E-state index in [9.17, 15) is 15.5 Å². The van der Waals surface area contributed by atoms with Gasteiger partial charge in [-0.2, -0.15) is 4.98 Å². The molecule has 1 aliphatic rings. The van der Waals surface area contributed by atoms with Gasteiger partial charge in [0.2, 0.25) is 11.7 Å². The molecule has 4 rings (SSSR count). The summed E-state index contributed by atoms with van der Waals surface area (Å²) in [5.41, 5.74) is 1.55. The molecule has 0 amide bonds.